The first-order valence-electron chi connectivity index (χ1n) is 5.66. The molecule has 0 amide bonds. The average Bonchev–Trinajstić information content (AvgIpc) is 2.32. The van der Waals surface area contributed by atoms with Crippen molar-refractivity contribution in [2.75, 3.05) is 12.3 Å². The second kappa shape index (κ2) is 5.34. The zero-order valence-corrected chi connectivity index (χ0v) is 9.91. The van der Waals surface area contributed by atoms with Gasteiger partial charge < -0.3 is 10.5 Å². The number of halogens is 1. The van der Waals surface area contributed by atoms with Crippen LogP contribution in [0, 0.1) is 5.92 Å². The lowest BCUT2D eigenvalue weighted by molar-refractivity contribution is 0.203. The van der Waals surface area contributed by atoms with Gasteiger partial charge in [-0.15, -0.1) is 0 Å². The highest BCUT2D eigenvalue weighted by atomic mass is 35.5. The van der Waals surface area contributed by atoms with Crippen LogP contribution in [0.2, 0.25) is 5.28 Å². The first-order chi connectivity index (χ1) is 7.75. The van der Waals surface area contributed by atoms with E-state index in [1.54, 1.807) is 0 Å². The number of nitrogen functional groups attached to an aromatic ring is 1. The molecular weight excluding hydrogens is 226 g/mol. The lowest BCUT2D eigenvalue weighted by Gasteiger charge is -2.21. The molecule has 2 N–H and O–H groups in total. The van der Waals surface area contributed by atoms with Crippen molar-refractivity contribution in [1.82, 2.24) is 9.97 Å². The summed E-state index contributed by atoms with van der Waals surface area (Å²) >= 11 is 5.68. The molecule has 0 unspecified atom stereocenters. The van der Waals surface area contributed by atoms with Crippen LogP contribution in [0.4, 0.5) is 5.69 Å². The molecule has 0 saturated heterocycles. The van der Waals surface area contributed by atoms with E-state index in [2.05, 4.69) is 9.97 Å². The molecule has 88 valence electrons. The summed E-state index contributed by atoms with van der Waals surface area (Å²) in [6.45, 7) is 0.678. The Morgan fingerprint density at radius 3 is 2.88 bits per heavy atom. The summed E-state index contributed by atoms with van der Waals surface area (Å²) in [5.41, 5.74) is 6.14. The quantitative estimate of drug-likeness (QED) is 0.827. The molecule has 0 bridgehead atoms. The van der Waals surface area contributed by atoms with Crippen molar-refractivity contribution in [3.05, 3.63) is 11.5 Å². The van der Waals surface area contributed by atoms with E-state index < -0.39 is 0 Å². The van der Waals surface area contributed by atoms with E-state index in [1.165, 1.54) is 38.3 Å². The summed E-state index contributed by atoms with van der Waals surface area (Å²) in [5, 5.41) is 0.174. The zero-order valence-electron chi connectivity index (χ0n) is 9.16. The first-order valence-corrected chi connectivity index (χ1v) is 6.04. The summed E-state index contributed by atoms with van der Waals surface area (Å²) in [5.74, 6) is 1.03. The monoisotopic (exact) mass is 241 g/mol. The van der Waals surface area contributed by atoms with E-state index in [4.69, 9.17) is 22.1 Å². The number of nitrogens with zero attached hydrogens (tertiary/aromatic N) is 2. The molecule has 0 atom stereocenters. The molecule has 16 heavy (non-hydrogen) atoms. The van der Waals surface area contributed by atoms with Gasteiger partial charge in [0.25, 0.3) is 0 Å². The maximum absolute atomic E-state index is 5.70. The molecule has 0 aliphatic heterocycles. The van der Waals surface area contributed by atoms with Gasteiger partial charge in [-0.1, -0.05) is 19.3 Å². The van der Waals surface area contributed by atoms with Crippen molar-refractivity contribution in [1.29, 1.82) is 0 Å². The molecule has 1 aromatic heterocycles. The Hall–Kier alpha value is -1.03. The van der Waals surface area contributed by atoms with E-state index >= 15 is 0 Å². The standard InChI is InChI=1S/C11H16ClN3O/c12-11-14-6-9(13)10(15-11)16-7-8-4-2-1-3-5-8/h6,8H,1-5,7,13H2. The fourth-order valence-electron chi connectivity index (χ4n) is 2.02. The molecule has 0 spiro atoms. The molecule has 0 radical (unpaired) electrons. The summed E-state index contributed by atoms with van der Waals surface area (Å²) in [7, 11) is 0. The van der Waals surface area contributed by atoms with Crippen LogP contribution in [0.25, 0.3) is 0 Å². The highest BCUT2D eigenvalue weighted by molar-refractivity contribution is 6.28. The molecule has 1 fully saturated rings. The maximum Gasteiger partial charge on any atom is 0.241 e. The van der Waals surface area contributed by atoms with Gasteiger partial charge in [-0.3, -0.25) is 0 Å². The van der Waals surface area contributed by atoms with Gasteiger partial charge >= 0.3 is 0 Å². The fourth-order valence-corrected chi connectivity index (χ4v) is 2.15. The minimum atomic E-state index is 0.174. The zero-order chi connectivity index (χ0) is 11.4. The SMILES string of the molecule is Nc1cnc(Cl)nc1OCC1CCCCC1. The van der Waals surface area contributed by atoms with Gasteiger partial charge in [-0.05, 0) is 30.4 Å². The Morgan fingerprint density at radius 1 is 1.38 bits per heavy atom. The van der Waals surface area contributed by atoms with Crippen LogP contribution in [-0.4, -0.2) is 16.6 Å². The molecule has 5 heteroatoms. The van der Waals surface area contributed by atoms with Gasteiger partial charge in [0, 0.05) is 0 Å². The number of rotatable bonds is 3. The van der Waals surface area contributed by atoms with Crippen molar-refractivity contribution < 1.29 is 4.74 Å². The van der Waals surface area contributed by atoms with Crippen LogP contribution in [0.15, 0.2) is 6.20 Å². The topological polar surface area (TPSA) is 61.0 Å². The fraction of sp³-hybridized carbons (Fsp3) is 0.636. The van der Waals surface area contributed by atoms with Crippen LogP contribution < -0.4 is 10.5 Å². The second-order valence-corrected chi connectivity index (χ2v) is 4.55. The number of hydrogen-bond acceptors (Lipinski definition) is 4. The third kappa shape index (κ3) is 2.98. The van der Waals surface area contributed by atoms with E-state index in [-0.39, 0.29) is 5.28 Å². The van der Waals surface area contributed by atoms with Crippen molar-refractivity contribution in [3.8, 4) is 5.88 Å². The van der Waals surface area contributed by atoms with Gasteiger partial charge in [0.1, 0.15) is 5.69 Å². The van der Waals surface area contributed by atoms with Crippen molar-refractivity contribution in [2.45, 2.75) is 32.1 Å². The Kier molecular flexibility index (Phi) is 3.83. The molecule has 1 saturated carbocycles. The molecule has 1 aliphatic carbocycles. The average molecular weight is 242 g/mol. The van der Waals surface area contributed by atoms with Crippen LogP contribution in [0.3, 0.4) is 0 Å². The van der Waals surface area contributed by atoms with Crippen LogP contribution in [0.5, 0.6) is 5.88 Å². The Morgan fingerprint density at radius 2 is 2.12 bits per heavy atom. The Labute approximate surface area is 100 Å². The lowest BCUT2D eigenvalue weighted by Crippen LogP contribution is -2.16. The third-order valence-electron chi connectivity index (χ3n) is 2.93. The summed E-state index contributed by atoms with van der Waals surface area (Å²) < 4.78 is 5.60. The number of anilines is 1. The van der Waals surface area contributed by atoms with E-state index in [0.29, 0.717) is 24.1 Å². The molecule has 1 heterocycles. The van der Waals surface area contributed by atoms with E-state index in [0.717, 1.165) is 0 Å². The minimum Gasteiger partial charge on any atom is -0.476 e. The predicted octanol–water partition coefficient (Wildman–Crippen LogP) is 2.67. The highest BCUT2D eigenvalue weighted by Gasteiger charge is 2.15. The van der Waals surface area contributed by atoms with Crippen LogP contribution >= 0.6 is 11.6 Å². The van der Waals surface area contributed by atoms with E-state index in [9.17, 15) is 0 Å². The van der Waals surface area contributed by atoms with Crippen molar-refractivity contribution in [3.63, 3.8) is 0 Å². The van der Waals surface area contributed by atoms with Gasteiger partial charge in [-0.25, -0.2) is 4.98 Å². The Balaban J connectivity index is 1.90. The van der Waals surface area contributed by atoms with Gasteiger partial charge in [0.05, 0.1) is 12.8 Å². The lowest BCUT2D eigenvalue weighted by atomic mass is 9.90. The second-order valence-electron chi connectivity index (χ2n) is 4.21. The largest absolute Gasteiger partial charge is 0.476 e. The normalized spacial score (nSPS) is 17.3. The van der Waals surface area contributed by atoms with Gasteiger partial charge in [-0.2, -0.15) is 4.98 Å². The van der Waals surface area contributed by atoms with E-state index in [1.807, 2.05) is 0 Å². The van der Waals surface area contributed by atoms with Crippen LogP contribution in [0.1, 0.15) is 32.1 Å². The number of hydrogen-bond donors (Lipinski definition) is 1. The maximum atomic E-state index is 5.70. The molecule has 4 nitrogen and oxygen atoms in total. The minimum absolute atomic E-state index is 0.174. The molecular formula is C11H16ClN3O. The Bertz CT molecular complexity index is 353. The van der Waals surface area contributed by atoms with Crippen molar-refractivity contribution in [2.24, 2.45) is 5.92 Å². The number of ether oxygens (including phenoxy) is 1. The van der Waals surface area contributed by atoms with Crippen LogP contribution in [-0.2, 0) is 0 Å². The number of aromatic nitrogens is 2. The smallest absolute Gasteiger partial charge is 0.241 e. The van der Waals surface area contributed by atoms with Gasteiger partial charge in [0.2, 0.25) is 11.2 Å². The molecule has 2 rings (SSSR count). The summed E-state index contributed by atoms with van der Waals surface area (Å²) in [4.78, 5) is 7.75. The highest BCUT2D eigenvalue weighted by Crippen LogP contribution is 2.25. The summed E-state index contributed by atoms with van der Waals surface area (Å²) in [6, 6.07) is 0. The van der Waals surface area contributed by atoms with Gasteiger partial charge in [0.15, 0.2) is 0 Å². The predicted molar refractivity (Wildman–Crippen MR) is 63.5 cm³/mol. The molecule has 0 aromatic carbocycles. The summed E-state index contributed by atoms with van der Waals surface area (Å²) in [6.07, 6.45) is 7.89. The first kappa shape index (κ1) is 11.5. The third-order valence-corrected chi connectivity index (χ3v) is 3.11. The van der Waals surface area contributed by atoms with Crippen molar-refractivity contribution >= 4 is 17.3 Å². The molecule has 1 aromatic rings. The number of nitrogens with two attached hydrogens (primary N) is 1. The molecule has 1 aliphatic rings.